The molecular weight excluding hydrogens is 210 g/mol. The van der Waals surface area contributed by atoms with Crippen molar-refractivity contribution in [3.8, 4) is 0 Å². The van der Waals surface area contributed by atoms with Gasteiger partial charge in [0.15, 0.2) is 0 Å². The molecular formula is C8H8ClNO2S. The number of hydrogen-bond acceptors (Lipinski definition) is 3. The summed E-state index contributed by atoms with van der Waals surface area (Å²) in [6.45, 7) is 1.35. The number of amides is 1. The number of hydrogen-bond donors (Lipinski definition) is 1. The van der Waals surface area contributed by atoms with Gasteiger partial charge in [0.25, 0.3) is 5.91 Å². The van der Waals surface area contributed by atoms with Gasteiger partial charge in [-0.1, -0.05) is 11.6 Å². The van der Waals surface area contributed by atoms with Gasteiger partial charge in [-0.05, 0) is 12.1 Å². The average molecular weight is 218 g/mol. The summed E-state index contributed by atoms with van der Waals surface area (Å²) in [6.07, 6.45) is 0.222. The number of ether oxygens (including phenoxy) is 1. The van der Waals surface area contributed by atoms with E-state index in [9.17, 15) is 4.79 Å². The van der Waals surface area contributed by atoms with Crippen LogP contribution in [0.3, 0.4) is 0 Å². The smallest absolute Gasteiger partial charge is 0.261 e. The molecule has 0 spiro atoms. The van der Waals surface area contributed by atoms with Crippen LogP contribution in [0.25, 0.3) is 0 Å². The van der Waals surface area contributed by atoms with E-state index in [1.165, 1.54) is 11.3 Å². The Morgan fingerprint density at radius 3 is 3.08 bits per heavy atom. The molecule has 1 aliphatic heterocycles. The van der Waals surface area contributed by atoms with Gasteiger partial charge in [-0.25, -0.2) is 0 Å². The molecule has 70 valence electrons. The summed E-state index contributed by atoms with van der Waals surface area (Å²) >= 11 is 6.97. The van der Waals surface area contributed by atoms with Crippen molar-refractivity contribution in [3.05, 3.63) is 21.3 Å². The van der Waals surface area contributed by atoms with Gasteiger partial charge < -0.3 is 10.1 Å². The average Bonchev–Trinajstić information content (AvgIpc) is 2.84. The van der Waals surface area contributed by atoms with Crippen molar-refractivity contribution in [1.29, 1.82) is 0 Å². The lowest BCUT2D eigenvalue weighted by Gasteiger charge is -1.98. The normalized spacial score (nSPS) is 19.9. The summed E-state index contributed by atoms with van der Waals surface area (Å²) < 4.78 is 5.59. The molecule has 2 rings (SSSR count). The number of carbonyl (C=O) groups is 1. The first-order valence-electron chi connectivity index (χ1n) is 3.91. The van der Waals surface area contributed by atoms with Crippen LogP contribution in [0, 0.1) is 0 Å². The zero-order valence-corrected chi connectivity index (χ0v) is 8.32. The van der Waals surface area contributed by atoms with Gasteiger partial charge in [0.05, 0.1) is 21.9 Å². The molecule has 0 radical (unpaired) electrons. The van der Waals surface area contributed by atoms with Crippen molar-refractivity contribution in [1.82, 2.24) is 5.32 Å². The van der Waals surface area contributed by atoms with Crippen LogP contribution >= 0.6 is 22.9 Å². The van der Waals surface area contributed by atoms with Gasteiger partial charge in [0.2, 0.25) is 0 Å². The standard InChI is InChI=1S/C8H8ClNO2S/c9-7-2-1-6(13-7)8(11)10-3-5-4-12-5/h1-2,5H,3-4H2,(H,10,11)/t5-/m1/s1. The van der Waals surface area contributed by atoms with Crippen LogP contribution in [0.5, 0.6) is 0 Å². The number of nitrogens with one attached hydrogen (secondary N) is 1. The van der Waals surface area contributed by atoms with E-state index in [0.29, 0.717) is 15.8 Å². The molecule has 1 aliphatic rings. The molecule has 3 nitrogen and oxygen atoms in total. The number of thiophene rings is 1. The largest absolute Gasteiger partial charge is 0.371 e. The number of carbonyl (C=O) groups excluding carboxylic acids is 1. The molecule has 1 atom stereocenters. The zero-order valence-electron chi connectivity index (χ0n) is 6.75. The third-order valence-electron chi connectivity index (χ3n) is 1.69. The molecule has 13 heavy (non-hydrogen) atoms. The second kappa shape index (κ2) is 3.65. The predicted molar refractivity (Wildman–Crippen MR) is 51.4 cm³/mol. The summed E-state index contributed by atoms with van der Waals surface area (Å²) in [5.74, 6) is -0.0765. The van der Waals surface area contributed by atoms with E-state index in [2.05, 4.69) is 5.32 Å². The van der Waals surface area contributed by atoms with E-state index >= 15 is 0 Å². The highest BCUT2D eigenvalue weighted by molar-refractivity contribution is 7.17. The highest BCUT2D eigenvalue weighted by Crippen LogP contribution is 2.21. The summed E-state index contributed by atoms with van der Waals surface area (Å²) in [5.41, 5.74) is 0. The van der Waals surface area contributed by atoms with Crippen molar-refractivity contribution in [3.63, 3.8) is 0 Å². The Labute approximate surface area is 84.7 Å². The first kappa shape index (κ1) is 8.99. The van der Waals surface area contributed by atoms with E-state index in [0.717, 1.165) is 6.61 Å². The fourth-order valence-electron chi connectivity index (χ4n) is 0.916. The minimum absolute atomic E-state index is 0.0765. The third-order valence-corrected chi connectivity index (χ3v) is 2.92. The van der Waals surface area contributed by atoms with Crippen molar-refractivity contribution in [2.75, 3.05) is 13.2 Å². The third kappa shape index (κ3) is 2.43. The predicted octanol–water partition coefficient (Wildman–Crippen LogP) is 1.53. The van der Waals surface area contributed by atoms with E-state index in [-0.39, 0.29) is 12.0 Å². The van der Waals surface area contributed by atoms with Crippen LogP contribution in [0.2, 0.25) is 4.34 Å². The van der Waals surface area contributed by atoms with Crippen LogP contribution in [0.15, 0.2) is 12.1 Å². The van der Waals surface area contributed by atoms with Crippen molar-refractivity contribution < 1.29 is 9.53 Å². The van der Waals surface area contributed by atoms with Gasteiger partial charge in [0.1, 0.15) is 0 Å². The van der Waals surface area contributed by atoms with E-state index in [1.807, 2.05) is 0 Å². The van der Waals surface area contributed by atoms with Crippen molar-refractivity contribution >= 4 is 28.8 Å². The lowest BCUT2D eigenvalue weighted by molar-refractivity contribution is 0.0954. The maximum absolute atomic E-state index is 11.4. The van der Waals surface area contributed by atoms with E-state index < -0.39 is 0 Å². The van der Waals surface area contributed by atoms with E-state index in [1.54, 1.807) is 12.1 Å². The molecule has 1 fully saturated rings. The zero-order chi connectivity index (χ0) is 9.26. The molecule has 1 aromatic heterocycles. The Balaban J connectivity index is 1.88. The molecule has 0 saturated carbocycles. The fourth-order valence-corrected chi connectivity index (χ4v) is 1.88. The molecule has 0 unspecified atom stereocenters. The fraction of sp³-hybridized carbons (Fsp3) is 0.375. The van der Waals surface area contributed by atoms with Gasteiger partial charge >= 0.3 is 0 Å². The van der Waals surface area contributed by atoms with Crippen molar-refractivity contribution in [2.24, 2.45) is 0 Å². The lowest BCUT2D eigenvalue weighted by Crippen LogP contribution is -2.26. The summed E-state index contributed by atoms with van der Waals surface area (Å²) in [6, 6.07) is 3.44. The molecule has 1 amide bonds. The molecule has 2 heterocycles. The lowest BCUT2D eigenvalue weighted by atomic mass is 10.4. The molecule has 1 saturated heterocycles. The van der Waals surface area contributed by atoms with Gasteiger partial charge in [0, 0.05) is 6.54 Å². The van der Waals surface area contributed by atoms with Crippen LogP contribution in [-0.4, -0.2) is 25.2 Å². The van der Waals surface area contributed by atoms with Gasteiger partial charge in [-0.3, -0.25) is 4.79 Å². The highest BCUT2D eigenvalue weighted by Gasteiger charge is 2.23. The molecule has 0 aliphatic carbocycles. The van der Waals surface area contributed by atoms with Gasteiger partial charge in [-0.15, -0.1) is 11.3 Å². The molecule has 0 aromatic carbocycles. The summed E-state index contributed by atoms with van der Waals surface area (Å²) in [5, 5.41) is 2.76. The molecule has 1 aromatic rings. The minimum Gasteiger partial charge on any atom is -0.371 e. The van der Waals surface area contributed by atoms with Crippen LogP contribution in [0.4, 0.5) is 0 Å². The topological polar surface area (TPSA) is 41.6 Å². The van der Waals surface area contributed by atoms with Crippen LogP contribution in [0.1, 0.15) is 9.67 Å². The second-order valence-corrected chi connectivity index (χ2v) is 4.48. The Bertz CT molecular complexity index is 322. The van der Waals surface area contributed by atoms with Gasteiger partial charge in [-0.2, -0.15) is 0 Å². The second-order valence-electron chi connectivity index (χ2n) is 2.77. The number of rotatable bonds is 3. The SMILES string of the molecule is O=C(NC[C@@H]1CO1)c1ccc(Cl)s1. The number of epoxide rings is 1. The Hall–Kier alpha value is -0.580. The minimum atomic E-state index is -0.0765. The maximum Gasteiger partial charge on any atom is 0.261 e. The van der Waals surface area contributed by atoms with Crippen LogP contribution in [-0.2, 0) is 4.74 Å². The first-order valence-corrected chi connectivity index (χ1v) is 5.10. The Morgan fingerprint density at radius 1 is 1.77 bits per heavy atom. The quantitative estimate of drug-likeness (QED) is 0.781. The summed E-state index contributed by atoms with van der Waals surface area (Å²) in [7, 11) is 0. The molecule has 1 N–H and O–H groups in total. The molecule has 0 bridgehead atoms. The molecule has 5 heteroatoms. The monoisotopic (exact) mass is 217 g/mol. The highest BCUT2D eigenvalue weighted by atomic mass is 35.5. The number of halogens is 1. The maximum atomic E-state index is 11.4. The Morgan fingerprint density at radius 2 is 2.54 bits per heavy atom. The first-order chi connectivity index (χ1) is 6.25. The van der Waals surface area contributed by atoms with Crippen molar-refractivity contribution in [2.45, 2.75) is 6.10 Å². The summed E-state index contributed by atoms with van der Waals surface area (Å²) in [4.78, 5) is 12.0. The van der Waals surface area contributed by atoms with E-state index in [4.69, 9.17) is 16.3 Å². The Kier molecular flexibility index (Phi) is 2.53. The van der Waals surface area contributed by atoms with Crippen LogP contribution < -0.4 is 5.32 Å².